The van der Waals surface area contributed by atoms with Crippen molar-refractivity contribution in [1.82, 2.24) is 25.5 Å². The topological polar surface area (TPSA) is 337 Å². The number of phosphoric acid groups is 3. The molecular weight excluding hydrogens is 813 g/mol. The van der Waals surface area contributed by atoms with E-state index in [1.807, 2.05) is 11.8 Å². The van der Waals surface area contributed by atoms with E-state index in [0.717, 1.165) is 48.8 Å². The molecule has 3 aliphatic heterocycles. The van der Waals surface area contributed by atoms with Crippen LogP contribution in [0.1, 0.15) is 82.4 Å². The van der Waals surface area contributed by atoms with Crippen molar-refractivity contribution in [3.05, 3.63) is 22.2 Å². The van der Waals surface area contributed by atoms with E-state index >= 15 is 0 Å². The Balaban J connectivity index is 1.10. The Morgan fingerprint density at radius 2 is 1.71 bits per heavy atom. The van der Waals surface area contributed by atoms with Gasteiger partial charge in [-0.05, 0) is 25.7 Å². The fraction of sp³-hybridized carbons (Fsp3) is 0.690. The molecule has 22 nitrogen and oxygen atoms in total. The van der Waals surface area contributed by atoms with Crippen LogP contribution in [0, 0.1) is 11.8 Å². The third-order valence-electron chi connectivity index (χ3n) is 8.65. The van der Waals surface area contributed by atoms with Crippen molar-refractivity contribution < 1.29 is 70.6 Å². The molecule has 3 fully saturated rings. The van der Waals surface area contributed by atoms with Crippen molar-refractivity contribution in [2.75, 3.05) is 24.6 Å². The van der Waals surface area contributed by atoms with Gasteiger partial charge in [0, 0.05) is 42.9 Å². The van der Waals surface area contributed by atoms with Crippen molar-refractivity contribution in [2.24, 2.45) is 0 Å². The summed E-state index contributed by atoms with van der Waals surface area (Å²) in [5.41, 5.74) is 5.03. The number of aromatic nitrogens is 2. The quantitative estimate of drug-likeness (QED) is 0.0359. The van der Waals surface area contributed by atoms with Crippen LogP contribution in [0.5, 0.6) is 0 Å². The van der Waals surface area contributed by atoms with Gasteiger partial charge in [0.1, 0.15) is 23.9 Å². The maximum Gasteiger partial charge on any atom is 0.490 e. The Hall–Kier alpha value is -2.67. The highest BCUT2D eigenvalue weighted by Crippen LogP contribution is 2.66. The number of rotatable bonds is 21. The molecule has 4 heterocycles. The molecule has 0 saturated carbocycles. The number of hydrogen-bond donors (Lipinski definition) is 9. The second-order valence-electron chi connectivity index (χ2n) is 12.9. The molecule has 0 aromatic carbocycles. The molecule has 308 valence electrons. The minimum Gasteiger partial charge on any atom is -0.390 e. The van der Waals surface area contributed by atoms with Gasteiger partial charge in [-0.2, -0.15) is 25.4 Å². The van der Waals surface area contributed by atoms with Crippen LogP contribution in [0.4, 0.5) is 10.6 Å². The average Bonchev–Trinajstić information content (AvgIpc) is 3.74. The van der Waals surface area contributed by atoms with Crippen LogP contribution in [0.2, 0.25) is 0 Å². The van der Waals surface area contributed by atoms with Crippen LogP contribution in [0.25, 0.3) is 0 Å². The Morgan fingerprint density at radius 3 is 2.42 bits per heavy atom. The molecule has 3 aliphatic rings. The van der Waals surface area contributed by atoms with Gasteiger partial charge in [0.25, 0.3) is 0 Å². The minimum absolute atomic E-state index is 0.0422. The predicted molar refractivity (Wildman–Crippen MR) is 194 cm³/mol. The number of Topliss-reactive ketones (excluding diaryl/α,β-unsaturated/α-hetero) is 1. The van der Waals surface area contributed by atoms with Gasteiger partial charge in [-0.1, -0.05) is 31.1 Å². The molecule has 3 saturated heterocycles. The van der Waals surface area contributed by atoms with Gasteiger partial charge in [-0.25, -0.2) is 23.3 Å². The number of aliphatic hydroxyl groups excluding tert-OH is 1. The minimum atomic E-state index is -5.75. The molecule has 3 amide bonds. The highest BCUT2D eigenvalue weighted by Gasteiger charge is 2.44. The van der Waals surface area contributed by atoms with E-state index in [4.69, 9.17) is 20.3 Å². The normalized spacial score (nSPS) is 25.5. The van der Waals surface area contributed by atoms with E-state index in [2.05, 4.69) is 45.9 Å². The summed E-state index contributed by atoms with van der Waals surface area (Å²) in [5.74, 6) is 6.11. The first-order chi connectivity index (χ1) is 25.8. The van der Waals surface area contributed by atoms with Crippen LogP contribution in [-0.2, 0) is 41.2 Å². The number of fused-ring (bicyclic) bond motifs is 1. The van der Waals surface area contributed by atoms with Crippen LogP contribution in [0.15, 0.2) is 11.0 Å². The number of unbranched alkanes of at least 4 members (excludes halogenated alkanes) is 4. The molecule has 10 N–H and O–H groups in total. The standard InChI is InChI=1S/C29H45N6O16P3S/c30-27-18(15-35(29(40)34-27)25-14-21(37)22(49-25)16-48-53(44,45)51-54(46,47)50-52(41,42)43)8-7-13-31-24(38)12-4-2-1-3-9-19(36)10-5-6-11-23-26-20(17-55-23)32-28(39)33-26/h15,20-23,25-26,37H,1-6,9-14,16-17H2,(H,31,38)(H,44,45)(H,46,47)(H2,30,34,40)(H2,32,33,39)(H2,41,42,43)/t20-,21-,22+,23-,25+,26-/m0/s1. The Morgan fingerprint density at radius 1 is 1.02 bits per heavy atom. The fourth-order valence-electron chi connectivity index (χ4n) is 6.06. The van der Waals surface area contributed by atoms with Crippen LogP contribution < -0.4 is 27.4 Å². The maximum atomic E-state index is 12.5. The Kier molecular flexibility index (Phi) is 16.5. The molecular formula is C29H45N6O16P3S. The van der Waals surface area contributed by atoms with E-state index in [9.17, 15) is 47.8 Å². The Labute approximate surface area is 319 Å². The highest BCUT2D eigenvalue weighted by atomic mass is 32.2. The van der Waals surface area contributed by atoms with E-state index in [0.29, 0.717) is 24.5 Å². The number of carbonyl (C=O) groups excluding carboxylic acids is 3. The van der Waals surface area contributed by atoms with Gasteiger partial charge in [0.2, 0.25) is 5.91 Å². The van der Waals surface area contributed by atoms with E-state index < -0.39 is 54.2 Å². The van der Waals surface area contributed by atoms with Crippen molar-refractivity contribution in [2.45, 2.75) is 106 Å². The monoisotopic (exact) mass is 858 g/mol. The number of phosphoric ester groups is 1. The summed E-state index contributed by atoms with van der Waals surface area (Å²) < 4.78 is 52.5. The van der Waals surface area contributed by atoms with Gasteiger partial charge >= 0.3 is 35.2 Å². The molecule has 55 heavy (non-hydrogen) atoms. The molecule has 2 unspecified atom stereocenters. The zero-order valence-electron chi connectivity index (χ0n) is 29.4. The number of amides is 3. The van der Waals surface area contributed by atoms with Crippen LogP contribution >= 0.6 is 35.2 Å². The van der Waals surface area contributed by atoms with Crippen molar-refractivity contribution >= 4 is 58.8 Å². The second-order valence-corrected chi connectivity index (χ2v) is 18.6. The molecule has 1 aromatic rings. The lowest BCUT2D eigenvalue weighted by molar-refractivity contribution is -0.121. The fourth-order valence-corrected chi connectivity index (χ4v) is 10.6. The van der Waals surface area contributed by atoms with E-state index in [1.165, 1.54) is 6.20 Å². The number of nitrogens with two attached hydrogens (primary N) is 1. The van der Waals surface area contributed by atoms with Gasteiger partial charge in [0.15, 0.2) is 0 Å². The number of anilines is 1. The van der Waals surface area contributed by atoms with Gasteiger partial charge in [0.05, 0.1) is 36.9 Å². The van der Waals surface area contributed by atoms with E-state index in [1.54, 1.807) is 0 Å². The summed E-state index contributed by atoms with van der Waals surface area (Å²) in [6, 6.07) is 0.280. The lowest BCUT2D eigenvalue weighted by Crippen LogP contribution is -2.36. The molecule has 26 heteroatoms. The first-order valence-corrected chi connectivity index (χ1v) is 22.8. The summed E-state index contributed by atoms with van der Waals surface area (Å²) >= 11 is 1.87. The number of ketones is 1. The number of aliphatic hydroxyl groups is 1. The number of ether oxygens (including phenoxy) is 1. The largest absolute Gasteiger partial charge is 0.490 e. The zero-order chi connectivity index (χ0) is 40.4. The number of nitrogen functional groups attached to an aromatic ring is 1. The van der Waals surface area contributed by atoms with Gasteiger partial charge in [-0.15, -0.1) is 0 Å². The first-order valence-electron chi connectivity index (χ1n) is 17.3. The number of thioether (sulfide) groups is 1. The third-order valence-corrected chi connectivity index (χ3v) is 14.0. The molecule has 0 spiro atoms. The van der Waals surface area contributed by atoms with Crippen molar-refractivity contribution in [3.63, 3.8) is 0 Å². The number of hydrogen-bond acceptors (Lipinski definition) is 15. The molecule has 8 atom stereocenters. The molecule has 0 aliphatic carbocycles. The van der Waals surface area contributed by atoms with Gasteiger partial charge < -0.3 is 51.1 Å². The molecule has 0 radical (unpaired) electrons. The van der Waals surface area contributed by atoms with Crippen molar-refractivity contribution in [3.8, 4) is 11.8 Å². The molecule has 0 bridgehead atoms. The maximum absolute atomic E-state index is 12.5. The number of nitrogens with zero attached hydrogens (tertiary/aromatic N) is 2. The van der Waals surface area contributed by atoms with Gasteiger partial charge in [-0.3, -0.25) is 18.7 Å². The Bertz CT molecular complexity index is 1820. The summed E-state index contributed by atoms with van der Waals surface area (Å²) in [4.78, 5) is 88.4. The summed E-state index contributed by atoms with van der Waals surface area (Å²) in [7, 11) is -16.8. The first kappa shape index (κ1) is 45.0. The lowest BCUT2D eigenvalue weighted by atomic mass is 10.0. The average molecular weight is 859 g/mol. The highest BCUT2D eigenvalue weighted by molar-refractivity contribution is 8.00. The third kappa shape index (κ3) is 15.0. The number of nitrogens with one attached hydrogen (secondary N) is 3. The second kappa shape index (κ2) is 20.1. The number of urea groups is 1. The molecule has 1 aromatic heterocycles. The van der Waals surface area contributed by atoms with E-state index in [-0.39, 0.29) is 60.6 Å². The van der Waals surface area contributed by atoms with Crippen LogP contribution in [0.3, 0.4) is 0 Å². The summed E-state index contributed by atoms with van der Waals surface area (Å²) in [6.45, 7) is -0.978. The predicted octanol–water partition coefficient (Wildman–Crippen LogP) is 0.920. The van der Waals surface area contributed by atoms with Crippen LogP contribution in [-0.4, -0.2) is 100 Å². The zero-order valence-corrected chi connectivity index (χ0v) is 32.9. The van der Waals surface area contributed by atoms with Crippen molar-refractivity contribution in [1.29, 1.82) is 0 Å². The molecule has 4 rings (SSSR count). The smallest absolute Gasteiger partial charge is 0.390 e. The number of carbonyl (C=O) groups is 3. The summed E-state index contributed by atoms with van der Waals surface area (Å²) in [5, 5.41) is 19.3. The summed E-state index contributed by atoms with van der Waals surface area (Å²) in [6.07, 6.45) is 4.06. The SMILES string of the molecule is Nc1nc(=O)n([C@H]2C[C@H](O)[C@@H](COP(=O)(O)OP(=O)(O)OP(=O)(O)O)O2)cc1C#CCNC(=O)CCCCCCC(=O)CCCC[C@@H]1SC[C@@H]2NC(=O)N[C@@H]21. The lowest BCUT2D eigenvalue weighted by Gasteiger charge is -2.19.